The summed E-state index contributed by atoms with van der Waals surface area (Å²) in [5, 5.41) is 19.7. The molecule has 0 aliphatic carbocycles. The van der Waals surface area contributed by atoms with Gasteiger partial charge < -0.3 is 9.47 Å². The highest BCUT2D eigenvalue weighted by molar-refractivity contribution is 5.50. The van der Waals surface area contributed by atoms with Crippen molar-refractivity contribution in [2.24, 2.45) is 0 Å². The predicted octanol–water partition coefficient (Wildman–Crippen LogP) is 3.05. The molecule has 0 atom stereocenters. The molecule has 0 fully saturated rings. The maximum Gasteiger partial charge on any atom is 0.311 e. The van der Waals surface area contributed by atoms with E-state index in [2.05, 4.69) is 0 Å². The molecule has 6 heteroatoms. The molecule has 106 valence electrons. The second-order valence-electron chi connectivity index (χ2n) is 4.19. The van der Waals surface area contributed by atoms with Crippen molar-refractivity contribution in [1.29, 1.82) is 5.26 Å². The minimum Gasteiger partial charge on any atom is -0.497 e. The van der Waals surface area contributed by atoms with Crippen molar-refractivity contribution in [3.05, 3.63) is 63.7 Å². The van der Waals surface area contributed by atoms with Crippen molar-refractivity contribution in [2.45, 2.75) is 6.61 Å². The molecule has 2 rings (SSSR count). The summed E-state index contributed by atoms with van der Waals surface area (Å²) in [5.74, 6) is 0.624. The topological polar surface area (TPSA) is 85.4 Å². The number of hydrogen-bond donors (Lipinski definition) is 0. The van der Waals surface area contributed by atoms with Gasteiger partial charge in [0, 0.05) is 12.1 Å². The highest BCUT2D eigenvalue weighted by Gasteiger charge is 2.16. The van der Waals surface area contributed by atoms with E-state index in [1.807, 2.05) is 6.07 Å². The molecule has 0 aromatic heterocycles. The van der Waals surface area contributed by atoms with Gasteiger partial charge in [-0.25, -0.2) is 0 Å². The van der Waals surface area contributed by atoms with Crippen LogP contribution in [-0.2, 0) is 6.61 Å². The van der Waals surface area contributed by atoms with E-state index in [1.165, 1.54) is 25.3 Å². The lowest BCUT2D eigenvalue weighted by molar-refractivity contribution is -0.386. The van der Waals surface area contributed by atoms with E-state index in [9.17, 15) is 10.1 Å². The molecule has 2 aromatic carbocycles. The van der Waals surface area contributed by atoms with Crippen LogP contribution in [0.3, 0.4) is 0 Å². The third-order valence-corrected chi connectivity index (χ3v) is 2.84. The molecule has 0 heterocycles. The Hall–Kier alpha value is -3.07. The molecule has 2 aromatic rings. The first-order chi connectivity index (χ1) is 10.1. The van der Waals surface area contributed by atoms with Crippen LogP contribution in [0.4, 0.5) is 5.69 Å². The van der Waals surface area contributed by atoms with Crippen LogP contribution in [0.5, 0.6) is 11.5 Å². The minimum absolute atomic E-state index is 0.121. The number of nitrogens with zero attached hydrogens (tertiary/aromatic N) is 2. The SMILES string of the molecule is COc1ccc([N+](=O)[O-])c(OCc2ccc(C#N)cc2)c1. The first kappa shape index (κ1) is 14.3. The molecule has 21 heavy (non-hydrogen) atoms. The van der Waals surface area contributed by atoms with Crippen LogP contribution in [0.2, 0.25) is 0 Å². The van der Waals surface area contributed by atoms with E-state index in [4.69, 9.17) is 14.7 Å². The van der Waals surface area contributed by atoms with Crippen LogP contribution in [-0.4, -0.2) is 12.0 Å². The van der Waals surface area contributed by atoms with E-state index < -0.39 is 4.92 Å². The third kappa shape index (κ3) is 3.48. The van der Waals surface area contributed by atoms with Crippen LogP contribution in [0.1, 0.15) is 11.1 Å². The average Bonchev–Trinajstić information content (AvgIpc) is 2.52. The standard InChI is InChI=1S/C15H12N2O4/c1-20-13-6-7-14(17(18)19)15(8-13)21-10-12-4-2-11(9-16)3-5-12/h2-8H,10H2,1H3. The van der Waals surface area contributed by atoms with Crippen molar-refractivity contribution in [3.63, 3.8) is 0 Å². The number of methoxy groups -OCH3 is 1. The van der Waals surface area contributed by atoms with Gasteiger partial charge >= 0.3 is 5.69 Å². The van der Waals surface area contributed by atoms with Crippen molar-refractivity contribution in [2.75, 3.05) is 7.11 Å². The smallest absolute Gasteiger partial charge is 0.311 e. The van der Waals surface area contributed by atoms with Crippen molar-refractivity contribution >= 4 is 5.69 Å². The molecule has 0 bridgehead atoms. The van der Waals surface area contributed by atoms with Gasteiger partial charge in [-0.2, -0.15) is 5.26 Å². The lowest BCUT2D eigenvalue weighted by atomic mass is 10.1. The first-order valence-electron chi connectivity index (χ1n) is 6.08. The van der Waals surface area contributed by atoms with Gasteiger partial charge in [0.05, 0.1) is 23.7 Å². The number of nitro benzene ring substituents is 1. The summed E-state index contributed by atoms with van der Waals surface area (Å²) in [4.78, 5) is 10.5. The fourth-order valence-corrected chi connectivity index (χ4v) is 1.72. The van der Waals surface area contributed by atoms with E-state index in [1.54, 1.807) is 24.3 Å². The Morgan fingerprint density at radius 2 is 1.95 bits per heavy atom. The Kier molecular flexibility index (Phi) is 4.36. The molecule has 0 spiro atoms. The highest BCUT2D eigenvalue weighted by atomic mass is 16.6. The van der Waals surface area contributed by atoms with E-state index in [-0.39, 0.29) is 18.0 Å². The van der Waals surface area contributed by atoms with Gasteiger partial charge in [-0.15, -0.1) is 0 Å². The summed E-state index contributed by atoms with van der Waals surface area (Å²) in [7, 11) is 1.48. The number of benzene rings is 2. The maximum atomic E-state index is 11.0. The second kappa shape index (κ2) is 6.39. The van der Waals surface area contributed by atoms with E-state index in [0.29, 0.717) is 11.3 Å². The van der Waals surface area contributed by atoms with Crippen LogP contribution < -0.4 is 9.47 Å². The molecular weight excluding hydrogens is 272 g/mol. The number of nitriles is 1. The Morgan fingerprint density at radius 3 is 2.52 bits per heavy atom. The molecule has 0 aliphatic rings. The van der Waals surface area contributed by atoms with Crippen LogP contribution >= 0.6 is 0 Å². The molecule has 0 unspecified atom stereocenters. The fraction of sp³-hybridized carbons (Fsp3) is 0.133. The Bertz CT molecular complexity index is 690. The lowest BCUT2D eigenvalue weighted by Gasteiger charge is -2.08. The summed E-state index contributed by atoms with van der Waals surface area (Å²) >= 11 is 0. The highest BCUT2D eigenvalue weighted by Crippen LogP contribution is 2.31. The van der Waals surface area contributed by atoms with Crippen LogP contribution in [0.15, 0.2) is 42.5 Å². The van der Waals surface area contributed by atoms with Gasteiger partial charge in [0.15, 0.2) is 0 Å². The van der Waals surface area contributed by atoms with Gasteiger partial charge in [-0.05, 0) is 23.8 Å². The molecule has 0 radical (unpaired) electrons. The van der Waals surface area contributed by atoms with Gasteiger partial charge in [-0.1, -0.05) is 12.1 Å². The van der Waals surface area contributed by atoms with E-state index >= 15 is 0 Å². The minimum atomic E-state index is -0.506. The maximum absolute atomic E-state index is 11.0. The monoisotopic (exact) mass is 284 g/mol. The van der Waals surface area contributed by atoms with Crippen molar-refractivity contribution < 1.29 is 14.4 Å². The third-order valence-electron chi connectivity index (χ3n) is 2.84. The number of hydrogen-bond acceptors (Lipinski definition) is 5. The van der Waals surface area contributed by atoms with Gasteiger partial charge in [0.1, 0.15) is 12.4 Å². The number of rotatable bonds is 5. The zero-order chi connectivity index (χ0) is 15.2. The molecule has 0 saturated heterocycles. The summed E-state index contributed by atoms with van der Waals surface area (Å²) in [6.07, 6.45) is 0. The number of ether oxygens (including phenoxy) is 2. The van der Waals surface area contributed by atoms with Gasteiger partial charge in [-0.3, -0.25) is 10.1 Å². The van der Waals surface area contributed by atoms with Crippen molar-refractivity contribution in [3.8, 4) is 17.6 Å². The molecule has 0 saturated carbocycles. The summed E-state index contributed by atoms with van der Waals surface area (Å²) in [5.41, 5.74) is 1.24. The Morgan fingerprint density at radius 1 is 1.24 bits per heavy atom. The summed E-state index contributed by atoms with van der Waals surface area (Å²) in [6, 6.07) is 13.2. The molecule has 0 N–H and O–H groups in total. The van der Waals surface area contributed by atoms with Crippen LogP contribution in [0, 0.1) is 21.4 Å². The molecule has 6 nitrogen and oxygen atoms in total. The van der Waals surface area contributed by atoms with Gasteiger partial charge in [0.25, 0.3) is 0 Å². The molecule has 0 aliphatic heterocycles. The Labute approximate surface area is 121 Å². The zero-order valence-electron chi connectivity index (χ0n) is 11.3. The van der Waals surface area contributed by atoms with Crippen molar-refractivity contribution in [1.82, 2.24) is 0 Å². The quantitative estimate of drug-likeness (QED) is 0.622. The largest absolute Gasteiger partial charge is 0.497 e. The summed E-state index contributed by atoms with van der Waals surface area (Å²) < 4.78 is 10.5. The molecular formula is C15H12N2O4. The lowest BCUT2D eigenvalue weighted by Crippen LogP contribution is -1.99. The number of nitro groups is 1. The van der Waals surface area contributed by atoms with Gasteiger partial charge in [0.2, 0.25) is 5.75 Å². The van der Waals surface area contributed by atoms with E-state index in [0.717, 1.165) is 5.56 Å². The second-order valence-corrected chi connectivity index (χ2v) is 4.19. The summed E-state index contributed by atoms with van der Waals surface area (Å²) in [6.45, 7) is 0.166. The van der Waals surface area contributed by atoms with Crippen LogP contribution in [0.25, 0.3) is 0 Å². The average molecular weight is 284 g/mol. The first-order valence-corrected chi connectivity index (χ1v) is 6.08. The predicted molar refractivity (Wildman–Crippen MR) is 75.1 cm³/mol. The fourth-order valence-electron chi connectivity index (χ4n) is 1.72. The zero-order valence-corrected chi connectivity index (χ0v) is 11.3. The molecule has 0 amide bonds. The normalized spacial score (nSPS) is 9.71. The Balaban J connectivity index is 2.17.